The predicted molar refractivity (Wildman–Crippen MR) is 98.2 cm³/mol. The number of carbonyl (C=O) groups excluding carboxylic acids is 1. The van der Waals surface area contributed by atoms with Crippen LogP contribution in [0.2, 0.25) is 0 Å². The molecule has 0 unspecified atom stereocenters. The number of carbonyl (C=O) groups is 2. The van der Waals surface area contributed by atoms with E-state index in [0.717, 1.165) is 51.4 Å². The lowest BCUT2D eigenvalue weighted by molar-refractivity contribution is -0.177. The molecule has 2 rings (SSSR count). The molecule has 0 radical (unpaired) electrons. The van der Waals surface area contributed by atoms with E-state index in [0.29, 0.717) is 6.61 Å². The molecule has 0 bridgehead atoms. The molecule has 0 saturated heterocycles. The quantitative estimate of drug-likeness (QED) is 0.651. The van der Waals surface area contributed by atoms with Gasteiger partial charge in [-0.05, 0) is 50.4 Å². The molecule has 4 nitrogen and oxygen atoms in total. The molecule has 144 valence electrons. The Morgan fingerprint density at radius 2 is 1.52 bits per heavy atom. The van der Waals surface area contributed by atoms with E-state index < -0.39 is 17.3 Å². The zero-order valence-corrected chi connectivity index (χ0v) is 16.3. The Balaban J connectivity index is 2.32. The van der Waals surface area contributed by atoms with Gasteiger partial charge in [0, 0.05) is 0 Å². The van der Waals surface area contributed by atoms with E-state index in [4.69, 9.17) is 4.74 Å². The number of hydrogen-bond acceptors (Lipinski definition) is 3. The van der Waals surface area contributed by atoms with Gasteiger partial charge < -0.3 is 9.84 Å². The minimum atomic E-state index is -0.900. The summed E-state index contributed by atoms with van der Waals surface area (Å²) in [4.78, 5) is 25.5. The molecule has 0 heterocycles. The second kappa shape index (κ2) is 9.05. The highest BCUT2D eigenvalue weighted by Crippen LogP contribution is 2.50. The molecule has 0 aliphatic heterocycles. The fourth-order valence-electron chi connectivity index (χ4n) is 5.06. The standard InChI is InChI=1S/C21H36O4/c1-15(2)14-25-20(24)21(3,17-12-8-5-9-13-17)18(19(22)23)16-10-6-4-7-11-16/h15-18H,4-14H2,1-3H3,(H,22,23)/t18-,21-/m1/s1. The van der Waals surface area contributed by atoms with Crippen LogP contribution in [0.5, 0.6) is 0 Å². The molecule has 2 aliphatic rings. The molecule has 0 aromatic rings. The maximum atomic E-state index is 13.2. The summed E-state index contributed by atoms with van der Waals surface area (Å²) in [7, 11) is 0. The van der Waals surface area contributed by atoms with Gasteiger partial charge >= 0.3 is 11.9 Å². The molecule has 4 heteroatoms. The summed E-state index contributed by atoms with van der Waals surface area (Å²) >= 11 is 0. The van der Waals surface area contributed by atoms with E-state index in [1.54, 1.807) is 0 Å². The highest BCUT2D eigenvalue weighted by atomic mass is 16.5. The van der Waals surface area contributed by atoms with Crippen LogP contribution in [0.1, 0.15) is 85.0 Å². The second-order valence-electron chi connectivity index (χ2n) is 8.82. The first-order valence-corrected chi connectivity index (χ1v) is 10.3. The Labute approximate surface area is 152 Å². The SMILES string of the molecule is CC(C)COC(=O)[C@](C)(C1CCCCC1)[C@@H](C(=O)O)C1CCCCC1. The molecular weight excluding hydrogens is 316 g/mol. The van der Waals surface area contributed by atoms with Crippen LogP contribution in [0.25, 0.3) is 0 Å². The smallest absolute Gasteiger partial charge is 0.312 e. The highest BCUT2D eigenvalue weighted by Gasteiger charge is 2.54. The topological polar surface area (TPSA) is 63.6 Å². The third-order valence-corrected chi connectivity index (χ3v) is 6.47. The monoisotopic (exact) mass is 352 g/mol. The number of aliphatic carboxylic acids is 1. The Morgan fingerprint density at radius 3 is 2.00 bits per heavy atom. The molecular formula is C21H36O4. The van der Waals surface area contributed by atoms with Crippen molar-refractivity contribution in [1.29, 1.82) is 0 Å². The van der Waals surface area contributed by atoms with Crippen LogP contribution in [0.4, 0.5) is 0 Å². The fraction of sp³-hybridized carbons (Fsp3) is 0.905. The van der Waals surface area contributed by atoms with Crippen LogP contribution in [0.3, 0.4) is 0 Å². The molecule has 2 saturated carbocycles. The molecule has 0 amide bonds. The number of carboxylic acid groups (broad SMARTS) is 1. The van der Waals surface area contributed by atoms with Gasteiger partial charge in [0.15, 0.2) is 0 Å². The van der Waals surface area contributed by atoms with Crippen LogP contribution in [-0.4, -0.2) is 23.7 Å². The van der Waals surface area contributed by atoms with Crippen LogP contribution in [0.15, 0.2) is 0 Å². The average molecular weight is 353 g/mol. The second-order valence-corrected chi connectivity index (χ2v) is 8.82. The minimum Gasteiger partial charge on any atom is -0.481 e. The van der Waals surface area contributed by atoms with E-state index in [-0.39, 0.29) is 23.7 Å². The van der Waals surface area contributed by atoms with Gasteiger partial charge in [-0.25, -0.2) is 0 Å². The minimum absolute atomic E-state index is 0.102. The average Bonchev–Trinajstić information content (AvgIpc) is 2.61. The molecule has 0 spiro atoms. The third-order valence-electron chi connectivity index (χ3n) is 6.47. The fourth-order valence-corrected chi connectivity index (χ4v) is 5.06. The zero-order chi connectivity index (χ0) is 18.4. The molecule has 1 N–H and O–H groups in total. The zero-order valence-electron chi connectivity index (χ0n) is 16.3. The van der Waals surface area contributed by atoms with Gasteiger partial charge in [0.05, 0.1) is 17.9 Å². The molecule has 0 aromatic heterocycles. The predicted octanol–water partition coefficient (Wildman–Crippen LogP) is 5.05. The number of hydrogen-bond donors (Lipinski definition) is 1. The normalized spacial score (nSPS) is 23.8. The summed E-state index contributed by atoms with van der Waals surface area (Å²) in [5.74, 6) is -1.20. The summed E-state index contributed by atoms with van der Waals surface area (Å²) < 4.78 is 5.64. The molecule has 25 heavy (non-hydrogen) atoms. The van der Waals surface area contributed by atoms with Gasteiger partial charge in [-0.3, -0.25) is 9.59 Å². The van der Waals surface area contributed by atoms with E-state index in [2.05, 4.69) is 0 Å². The molecule has 2 fully saturated rings. The van der Waals surface area contributed by atoms with Crippen molar-refractivity contribution in [3.63, 3.8) is 0 Å². The first kappa shape index (κ1) is 20.3. The Hall–Kier alpha value is -1.06. The summed E-state index contributed by atoms with van der Waals surface area (Å²) in [5.41, 5.74) is -0.900. The summed E-state index contributed by atoms with van der Waals surface area (Å²) in [6.45, 7) is 6.30. The van der Waals surface area contributed by atoms with Crippen molar-refractivity contribution in [1.82, 2.24) is 0 Å². The van der Waals surface area contributed by atoms with Crippen LogP contribution in [-0.2, 0) is 14.3 Å². The number of esters is 1. The first-order chi connectivity index (χ1) is 11.9. The largest absolute Gasteiger partial charge is 0.481 e. The maximum Gasteiger partial charge on any atom is 0.312 e. The Kier molecular flexibility index (Phi) is 7.33. The van der Waals surface area contributed by atoms with Gasteiger partial charge in [-0.1, -0.05) is 52.4 Å². The van der Waals surface area contributed by atoms with Gasteiger partial charge in [-0.15, -0.1) is 0 Å². The van der Waals surface area contributed by atoms with Gasteiger partial charge in [0.2, 0.25) is 0 Å². The van der Waals surface area contributed by atoms with Gasteiger partial charge in [-0.2, -0.15) is 0 Å². The van der Waals surface area contributed by atoms with Gasteiger partial charge in [0.25, 0.3) is 0 Å². The van der Waals surface area contributed by atoms with Gasteiger partial charge in [0.1, 0.15) is 0 Å². The van der Waals surface area contributed by atoms with E-state index in [1.165, 1.54) is 12.8 Å². The summed E-state index contributed by atoms with van der Waals surface area (Å²) in [6.07, 6.45) is 10.5. The Bertz CT molecular complexity index is 447. The lowest BCUT2D eigenvalue weighted by Gasteiger charge is -2.45. The van der Waals surface area contributed by atoms with Crippen molar-refractivity contribution in [3.8, 4) is 0 Å². The van der Waals surface area contributed by atoms with E-state index >= 15 is 0 Å². The molecule has 2 atom stereocenters. The van der Waals surface area contributed by atoms with Crippen molar-refractivity contribution in [2.24, 2.45) is 29.1 Å². The summed E-state index contributed by atoms with van der Waals surface area (Å²) in [5, 5.41) is 10.1. The van der Waals surface area contributed by atoms with Crippen molar-refractivity contribution in [3.05, 3.63) is 0 Å². The highest BCUT2D eigenvalue weighted by molar-refractivity contribution is 5.85. The van der Waals surface area contributed by atoms with Crippen molar-refractivity contribution < 1.29 is 19.4 Å². The molecule has 0 aromatic carbocycles. The van der Waals surface area contributed by atoms with Crippen molar-refractivity contribution >= 4 is 11.9 Å². The lowest BCUT2D eigenvalue weighted by atomic mass is 9.58. The van der Waals surface area contributed by atoms with Crippen molar-refractivity contribution in [2.45, 2.75) is 85.0 Å². The lowest BCUT2D eigenvalue weighted by Crippen LogP contribution is -2.51. The van der Waals surface area contributed by atoms with E-state index in [1.807, 2.05) is 20.8 Å². The van der Waals surface area contributed by atoms with Crippen LogP contribution >= 0.6 is 0 Å². The van der Waals surface area contributed by atoms with E-state index in [9.17, 15) is 14.7 Å². The molecule has 2 aliphatic carbocycles. The third kappa shape index (κ3) is 4.77. The summed E-state index contributed by atoms with van der Waals surface area (Å²) in [6, 6.07) is 0. The van der Waals surface area contributed by atoms with Crippen LogP contribution in [0, 0.1) is 29.1 Å². The first-order valence-electron chi connectivity index (χ1n) is 10.3. The maximum absolute atomic E-state index is 13.2. The number of carboxylic acids is 1. The number of rotatable bonds is 7. The van der Waals surface area contributed by atoms with Crippen molar-refractivity contribution in [2.75, 3.05) is 6.61 Å². The number of ether oxygens (including phenoxy) is 1. The Morgan fingerprint density at radius 1 is 1.00 bits per heavy atom. The van der Waals surface area contributed by atoms with Crippen LogP contribution < -0.4 is 0 Å².